The Morgan fingerprint density at radius 3 is 3.00 bits per heavy atom. The molecule has 0 amide bonds. The van der Waals surface area contributed by atoms with Gasteiger partial charge in [-0.25, -0.2) is 4.98 Å². The summed E-state index contributed by atoms with van der Waals surface area (Å²) in [5.41, 5.74) is 2.23. The zero-order chi connectivity index (χ0) is 13.1. The third-order valence-corrected chi connectivity index (χ3v) is 3.53. The van der Waals surface area contributed by atoms with Gasteiger partial charge in [-0.3, -0.25) is 0 Å². The van der Waals surface area contributed by atoms with E-state index >= 15 is 0 Å². The van der Waals surface area contributed by atoms with Crippen LogP contribution in [0.3, 0.4) is 0 Å². The number of para-hydroxylation sites is 2. The van der Waals surface area contributed by atoms with Gasteiger partial charge in [0.15, 0.2) is 0 Å². The highest BCUT2D eigenvalue weighted by molar-refractivity contribution is 5.60. The molecule has 1 aliphatic rings. The van der Waals surface area contributed by atoms with Crippen LogP contribution in [0.5, 0.6) is 0 Å². The van der Waals surface area contributed by atoms with Gasteiger partial charge in [0.25, 0.3) is 0 Å². The Hall–Kier alpha value is -1.81. The maximum Gasteiger partial charge on any atom is 0.0992 e. The van der Waals surface area contributed by atoms with E-state index in [2.05, 4.69) is 29.4 Å². The molecule has 0 spiro atoms. The molecule has 2 atom stereocenters. The Morgan fingerprint density at radius 1 is 1.37 bits per heavy atom. The Morgan fingerprint density at radius 2 is 2.26 bits per heavy atom. The van der Waals surface area contributed by atoms with Crippen LogP contribution >= 0.6 is 0 Å². The first kappa shape index (κ1) is 12.2. The van der Waals surface area contributed by atoms with Crippen molar-refractivity contribution in [2.45, 2.75) is 32.0 Å². The zero-order valence-corrected chi connectivity index (χ0v) is 11.1. The van der Waals surface area contributed by atoms with Gasteiger partial charge in [-0.1, -0.05) is 12.1 Å². The second kappa shape index (κ2) is 5.45. The maximum atomic E-state index is 5.83. The smallest absolute Gasteiger partial charge is 0.0992 e. The molecule has 0 bridgehead atoms. The summed E-state index contributed by atoms with van der Waals surface area (Å²) in [7, 11) is 0. The summed E-state index contributed by atoms with van der Waals surface area (Å²) in [5.74, 6) is 0. The number of nitrogens with one attached hydrogen (secondary N) is 1. The number of anilines is 1. The monoisotopic (exact) mass is 257 g/mol. The van der Waals surface area contributed by atoms with E-state index in [1.807, 2.05) is 29.2 Å². The predicted octanol–water partition coefficient (Wildman–Crippen LogP) is 2.85. The van der Waals surface area contributed by atoms with Crippen LogP contribution in [0.4, 0.5) is 5.69 Å². The molecule has 1 aliphatic heterocycles. The van der Waals surface area contributed by atoms with Crippen LogP contribution in [0.25, 0.3) is 5.69 Å². The van der Waals surface area contributed by atoms with Crippen molar-refractivity contribution in [2.75, 3.05) is 11.9 Å². The van der Waals surface area contributed by atoms with Crippen LogP contribution in [0.1, 0.15) is 19.8 Å². The number of hydrogen-bond donors (Lipinski definition) is 1. The van der Waals surface area contributed by atoms with E-state index in [4.69, 9.17) is 4.74 Å². The Kier molecular flexibility index (Phi) is 3.51. The highest BCUT2D eigenvalue weighted by Gasteiger charge is 2.21. The van der Waals surface area contributed by atoms with E-state index in [1.165, 1.54) is 0 Å². The fourth-order valence-electron chi connectivity index (χ4n) is 2.51. The fraction of sp³-hybridized carbons (Fsp3) is 0.400. The third-order valence-electron chi connectivity index (χ3n) is 3.53. The number of hydrogen-bond acceptors (Lipinski definition) is 3. The lowest BCUT2D eigenvalue weighted by molar-refractivity contribution is 0.0637. The average Bonchev–Trinajstić information content (AvgIpc) is 3.08. The van der Waals surface area contributed by atoms with Crippen LogP contribution in [0, 0.1) is 0 Å². The molecule has 1 aromatic heterocycles. The molecule has 1 fully saturated rings. The number of aromatic nitrogens is 2. The highest BCUT2D eigenvalue weighted by Crippen LogP contribution is 2.22. The van der Waals surface area contributed by atoms with Crippen LogP contribution in [-0.4, -0.2) is 28.3 Å². The number of ether oxygens (including phenoxy) is 1. The van der Waals surface area contributed by atoms with Gasteiger partial charge in [-0.05, 0) is 31.9 Å². The van der Waals surface area contributed by atoms with Crippen molar-refractivity contribution in [1.29, 1.82) is 0 Å². The largest absolute Gasteiger partial charge is 0.381 e. The summed E-state index contributed by atoms with van der Waals surface area (Å²) in [6.45, 7) is 3.00. The first-order chi connectivity index (χ1) is 9.33. The van der Waals surface area contributed by atoms with Crippen LogP contribution in [0.15, 0.2) is 43.0 Å². The lowest BCUT2D eigenvalue weighted by atomic mass is 10.2. The van der Waals surface area contributed by atoms with E-state index in [9.17, 15) is 0 Å². The molecule has 0 aliphatic carbocycles. The minimum absolute atomic E-state index is 0.325. The Bertz CT molecular complexity index is 524. The molecule has 1 N–H and O–H groups in total. The normalized spacial score (nSPS) is 22.6. The van der Waals surface area contributed by atoms with Crippen LogP contribution < -0.4 is 5.32 Å². The third kappa shape index (κ3) is 2.79. The quantitative estimate of drug-likeness (QED) is 0.915. The van der Waals surface area contributed by atoms with Gasteiger partial charge in [0, 0.05) is 18.9 Å². The molecule has 1 aromatic carbocycles. The lowest BCUT2D eigenvalue weighted by Gasteiger charge is -2.16. The van der Waals surface area contributed by atoms with E-state index in [-0.39, 0.29) is 0 Å². The van der Waals surface area contributed by atoms with Gasteiger partial charge in [-0.15, -0.1) is 0 Å². The van der Waals surface area contributed by atoms with Crippen molar-refractivity contribution in [1.82, 2.24) is 9.55 Å². The topological polar surface area (TPSA) is 39.1 Å². The summed E-state index contributed by atoms with van der Waals surface area (Å²) in [6.07, 6.45) is 8.58. The van der Waals surface area contributed by atoms with Crippen molar-refractivity contribution in [2.24, 2.45) is 0 Å². The van der Waals surface area contributed by atoms with E-state index < -0.39 is 0 Å². The number of benzene rings is 1. The summed E-state index contributed by atoms with van der Waals surface area (Å²) >= 11 is 0. The van der Waals surface area contributed by atoms with Gasteiger partial charge in [0.2, 0.25) is 0 Å². The Balaban J connectivity index is 1.71. The van der Waals surface area contributed by atoms with E-state index in [0.717, 1.165) is 30.8 Å². The maximum absolute atomic E-state index is 5.83. The minimum Gasteiger partial charge on any atom is -0.381 e. The second-order valence-corrected chi connectivity index (χ2v) is 5.01. The molecule has 2 heterocycles. The van der Waals surface area contributed by atoms with Gasteiger partial charge in [0.05, 0.1) is 29.9 Å². The number of nitrogens with zero attached hydrogens (tertiary/aromatic N) is 2. The molecular weight excluding hydrogens is 238 g/mol. The molecule has 1 saturated heterocycles. The van der Waals surface area contributed by atoms with Crippen molar-refractivity contribution < 1.29 is 4.74 Å². The Labute approximate surface area is 113 Å². The van der Waals surface area contributed by atoms with Crippen molar-refractivity contribution in [3.8, 4) is 5.69 Å². The van der Waals surface area contributed by atoms with Crippen LogP contribution in [0.2, 0.25) is 0 Å². The number of imidazole rings is 1. The summed E-state index contributed by atoms with van der Waals surface area (Å²) in [4.78, 5) is 4.10. The first-order valence-electron chi connectivity index (χ1n) is 6.79. The molecule has 2 aromatic rings. The van der Waals surface area contributed by atoms with E-state index in [1.54, 1.807) is 6.20 Å². The van der Waals surface area contributed by atoms with Gasteiger partial charge in [-0.2, -0.15) is 0 Å². The van der Waals surface area contributed by atoms with Gasteiger partial charge >= 0.3 is 0 Å². The standard InChI is InChI=1S/C15H19N3O/c1-12-6-7-13(19-12)10-17-14-4-2-3-5-15(14)18-9-8-16-11-18/h2-5,8-9,11-13,17H,6-7,10H2,1H3. The number of rotatable bonds is 4. The first-order valence-corrected chi connectivity index (χ1v) is 6.79. The summed E-state index contributed by atoms with van der Waals surface area (Å²) < 4.78 is 7.85. The molecule has 19 heavy (non-hydrogen) atoms. The molecule has 0 saturated carbocycles. The fourth-order valence-corrected chi connectivity index (χ4v) is 2.51. The van der Waals surface area contributed by atoms with Crippen molar-refractivity contribution in [3.63, 3.8) is 0 Å². The molecule has 3 rings (SSSR count). The molecule has 4 nitrogen and oxygen atoms in total. The van der Waals surface area contributed by atoms with Gasteiger partial charge in [0.1, 0.15) is 0 Å². The summed E-state index contributed by atoms with van der Waals surface area (Å²) in [5, 5.41) is 3.49. The molecular formula is C15H19N3O. The molecule has 4 heteroatoms. The minimum atomic E-state index is 0.325. The summed E-state index contributed by atoms with van der Waals surface area (Å²) in [6, 6.07) is 8.26. The molecule has 100 valence electrons. The average molecular weight is 257 g/mol. The molecule has 0 radical (unpaired) electrons. The molecule has 2 unspecified atom stereocenters. The van der Waals surface area contributed by atoms with Gasteiger partial charge < -0.3 is 14.6 Å². The zero-order valence-electron chi connectivity index (χ0n) is 11.1. The predicted molar refractivity (Wildman–Crippen MR) is 75.6 cm³/mol. The lowest BCUT2D eigenvalue weighted by Crippen LogP contribution is -2.20. The van der Waals surface area contributed by atoms with Crippen LogP contribution in [-0.2, 0) is 4.74 Å². The van der Waals surface area contributed by atoms with Crippen molar-refractivity contribution in [3.05, 3.63) is 43.0 Å². The second-order valence-electron chi connectivity index (χ2n) is 5.01. The van der Waals surface area contributed by atoms with E-state index in [0.29, 0.717) is 12.2 Å². The SMILES string of the molecule is CC1CCC(CNc2ccccc2-n2ccnc2)O1. The highest BCUT2D eigenvalue weighted by atomic mass is 16.5. The van der Waals surface area contributed by atoms with Crippen molar-refractivity contribution >= 4 is 5.69 Å².